The van der Waals surface area contributed by atoms with Gasteiger partial charge in [0.05, 0.1) is 0 Å². The lowest BCUT2D eigenvalue weighted by Crippen LogP contribution is -2.33. The second-order valence-corrected chi connectivity index (χ2v) is 2.38. The molecule has 0 aromatic carbocycles. The van der Waals surface area contributed by atoms with Gasteiger partial charge in [-0.25, -0.2) is 4.79 Å². The summed E-state index contributed by atoms with van der Waals surface area (Å²) in [5.41, 5.74) is 0. The molecule has 3 nitrogen and oxygen atoms in total. The van der Waals surface area contributed by atoms with Crippen LogP contribution < -0.4 is 0 Å². The number of aliphatic carboxylic acids is 1. The summed E-state index contributed by atoms with van der Waals surface area (Å²) in [5.74, 6) is -0.987. The van der Waals surface area contributed by atoms with Gasteiger partial charge in [0.15, 0.2) is 6.04 Å². The zero-order valence-electron chi connectivity index (χ0n) is 7.57. The lowest BCUT2D eigenvalue weighted by Gasteiger charge is -2.22. The summed E-state index contributed by atoms with van der Waals surface area (Å²) in [6.07, 6.45) is 4.58. The second-order valence-electron chi connectivity index (χ2n) is 2.38. The van der Waals surface area contributed by atoms with Crippen molar-refractivity contribution >= 4 is 5.97 Å². The Morgan fingerprint density at radius 1 is 1.23 bits per heavy atom. The lowest BCUT2D eigenvalue weighted by molar-refractivity contribution is -0.136. The van der Waals surface area contributed by atoms with E-state index in [0.717, 1.165) is 0 Å². The third-order valence-corrected chi connectivity index (χ3v) is 1.45. The van der Waals surface area contributed by atoms with Crippen LogP contribution in [0.3, 0.4) is 0 Å². The molecule has 0 heterocycles. The summed E-state index contributed by atoms with van der Waals surface area (Å²) in [5, 5.41) is 8.78. The number of hydrogen-bond donors (Lipinski definition) is 1. The predicted molar refractivity (Wildman–Crippen MR) is 53.0 cm³/mol. The molecule has 71 valence electrons. The molecule has 0 aliphatic carbocycles. The molecular weight excluding hydrogens is 166 g/mol. The molecule has 0 saturated carbocycles. The van der Waals surface area contributed by atoms with Crippen LogP contribution in [0.1, 0.15) is 0 Å². The van der Waals surface area contributed by atoms with Gasteiger partial charge in [-0.15, -0.1) is 19.7 Å². The fourth-order valence-corrected chi connectivity index (χ4v) is 0.935. The molecule has 0 rings (SSSR count). The standard InChI is InChI=1S/C10H14NO2/c1-4-7-11(8-5-2)9(6-3)10(12)13/h4-6H,1-3,7-8H2,(H,12,13). The number of carboxylic acids is 1. The molecule has 3 heteroatoms. The van der Waals surface area contributed by atoms with E-state index in [0.29, 0.717) is 13.1 Å². The summed E-state index contributed by atoms with van der Waals surface area (Å²) < 4.78 is 0. The topological polar surface area (TPSA) is 40.5 Å². The first-order chi connectivity index (χ1) is 6.17. The molecule has 1 radical (unpaired) electrons. The van der Waals surface area contributed by atoms with Crippen molar-refractivity contribution < 1.29 is 9.90 Å². The summed E-state index contributed by atoms with van der Waals surface area (Å²) in [6, 6.07) is 0.166. The van der Waals surface area contributed by atoms with Crippen molar-refractivity contribution in [1.29, 1.82) is 0 Å². The van der Waals surface area contributed by atoms with Crippen LogP contribution in [0.4, 0.5) is 0 Å². The number of rotatable bonds is 7. The van der Waals surface area contributed by atoms with Gasteiger partial charge in [0.2, 0.25) is 0 Å². The van der Waals surface area contributed by atoms with Gasteiger partial charge in [-0.3, -0.25) is 4.90 Å². The molecule has 0 fully saturated rings. The Kier molecular flexibility index (Phi) is 5.55. The fourth-order valence-electron chi connectivity index (χ4n) is 0.935. The molecule has 0 amide bonds. The quantitative estimate of drug-likeness (QED) is 0.603. The first-order valence-corrected chi connectivity index (χ1v) is 3.86. The highest BCUT2D eigenvalue weighted by Gasteiger charge is 2.21. The van der Waals surface area contributed by atoms with Gasteiger partial charge in [0.1, 0.15) is 0 Å². The van der Waals surface area contributed by atoms with Crippen LogP contribution in [-0.2, 0) is 4.79 Å². The molecule has 0 saturated heterocycles. The molecule has 0 bridgehead atoms. The molecular formula is C10H14NO2. The van der Waals surface area contributed by atoms with E-state index < -0.39 is 5.97 Å². The van der Waals surface area contributed by atoms with E-state index in [1.807, 2.05) is 0 Å². The van der Waals surface area contributed by atoms with E-state index in [-0.39, 0.29) is 6.04 Å². The SMILES string of the molecule is C=CCN(CC=C)[C](C=C)C(=O)O. The average Bonchev–Trinajstić information content (AvgIpc) is 2.05. The molecule has 0 atom stereocenters. The molecule has 1 N–H and O–H groups in total. The smallest absolute Gasteiger partial charge is 0.331 e. The average molecular weight is 180 g/mol. The second kappa shape index (κ2) is 6.20. The van der Waals surface area contributed by atoms with Crippen molar-refractivity contribution in [1.82, 2.24) is 4.90 Å². The zero-order valence-corrected chi connectivity index (χ0v) is 7.57. The van der Waals surface area contributed by atoms with E-state index in [1.54, 1.807) is 17.1 Å². The zero-order chi connectivity index (χ0) is 10.3. The van der Waals surface area contributed by atoms with Gasteiger partial charge < -0.3 is 5.11 Å². The predicted octanol–water partition coefficient (Wildman–Crippen LogP) is 1.46. The third kappa shape index (κ3) is 3.71. The maximum absolute atomic E-state index is 10.7. The van der Waals surface area contributed by atoms with Crippen molar-refractivity contribution in [3.63, 3.8) is 0 Å². The molecule has 0 aliphatic rings. The minimum absolute atomic E-state index is 0.166. The number of carboxylic acid groups (broad SMARTS) is 1. The Labute approximate surface area is 78.7 Å². The van der Waals surface area contributed by atoms with E-state index in [9.17, 15) is 4.79 Å². The Hall–Kier alpha value is -1.35. The Morgan fingerprint density at radius 2 is 1.69 bits per heavy atom. The van der Waals surface area contributed by atoms with E-state index in [4.69, 9.17) is 5.11 Å². The molecule has 0 aliphatic heterocycles. The first kappa shape index (κ1) is 11.6. The summed E-state index contributed by atoms with van der Waals surface area (Å²) >= 11 is 0. The number of hydrogen-bond acceptors (Lipinski definition) is 2. The fraction of sp³-hybridized carbons (Fsp3) is 0.200. The maximum atomic E-state index is 10.7. The summed E-state index contributed by atoms with van der Waals surface area (Å²) in [6.45, 7) is 11.5. The minimum Gasteiger partial charge on any atom is -0.480 e. The lowest BCUT2D eigenvalue weighted by atomic mass is 10.2. The van der Waals surface area contributed by atoms with Crippen molar-refractivity contribution in [2.24, 2.45) is 0 Å². The van der Waals surface area contributed by atoms with Gasteiger partial charge in [-0.1, -0.05) is 18.2 Å². The Balaban J connectivity index is 4.45. The third-order valence-electron chi connectivity index (χ3n) is 1.45. The van der Waals surface area contributed by atoms with Crippen molar-refractivity contribution in [3.05, 3.63) is 44.0 Å². The molecule has 0 aromatic heterocycles. The van der Waals surface area contributed by atoms with E-state index in [2.05, 4.69) is 19.7 Å². The monoisotopic (exact) mass is 180 g/mol. The van der Waals surface area contributed by atoms with Crippen LogP contribution in [0.2, 0.25) is 0 Å². The first-order valence-electron chi connectivity index (χ1n) is 3.86. The highest BCUT2D eigenvalue weighted by atomic mass is 16.4. The highest BCUT2D eigenvalue weighted by molar-refractivity contribution is 5.84. The van der Waals surface area contributed by atoms with Gasteiger partial charge in [-0.05, 0) is 0 Å². The summed E-state index contributed by atoms with van der Waals surface area (Å²) in [7, 11) is 0. The van der Waals surface area contributed by atoms with Crippen LogP contribution in [0.5, 0.6) is 0 Å². The molecule has 0 spiro atoms. The van der Waals surface area contributed by atoms with Crippen LogP contribution in [0.25, 0.3) is 0 Å². The summed E-state index contributed by atoms with van der Waals surface area (Å²) in [4.78, 5) is 12.3. The minimum atomic E-state index is -0.987. The van der Waals surface area contributed by atoms with E-state index >= 15 is 0 Å². The Bertz CT molecular complexity index is 201. The van der Waals surface area contributed by atoms with Crippen molar-refractivity contribution in [2.75, 3.05) is 13.1 Å². The molecule has 13 heavy (non-hydrogen) atoms. The van der Waals surface area contributed by atoms with Crippen LogP contribution in [-0.4, -0.2) is 29.1 Å². The van der Waals surface area contributed by atoms with Crippen LogP contribution >= 0.6 is 0 Å². The largest absolute Gasteiger partial charge is 0.480 e. The van der Waals surface area contributed by atoms with Gasteiger partial charge in [0.25, 0.3) is 0 Å². The highest BCUT2D eigenvalue weighted by Crippen LogP contribution is 2.09. The normalized spacial score (nSPS) is 10.0. The van der Waals surface area contributed by atoms with E-state index in [1.165, 1.54) is 6.08 Å². The van der Waals surface area contributed by atoms with Crippen LogP contribution in [0.15, 0.2) is 38.0 Å². The van der Waals surface area contributed by atoms with Gasteiger partial charge in [-0.2, -0.15) is 0 Å². The van der Waals surface area contributed by atoms with Gasteiger partial charge in [0, 0.05) is 13.1 Å². The van der Waals surface area contributed by atoms with Crippen molar-refractivity contribution in [3.8, 4) is 0 Å². The van der Waals surface area contributed by atoms with Gasteiger partial charge >= 0.3 is 5.97 Å². The number of carbonyl (C=O) groups is 1. The number of nitrogens with zero attached hydrogens (tertiary/aromatic N) is 1. The maximum Gasteiger partial charge on any atom is 0.331 e. The Morgan fingerprint density at radius 3 is 1.92 bits per heavy atom. The molecule has 0 aromatic rings. The van der Waals surface area contributed by atoms with Crippen molar-refractivity contribution in [2.45, 2.75) is 0 Å². The molecule has 0 unspecified atom stereocenters. The van der Waals surface area contributed by atoms with Crippen LogP contribution in [0, 0.1) is 6.04 Å².